The third-order valence-electron chi connectivity index (χ3n) is 5.90. The van der Waals surface area contributed by atoms with E-state index in [2.05, 4.69) is 27.3 Å². The number of carbonyl (C=O) groups excluding carboxylic acids is 1. The fourth-order valence-electron chi connectivity index (χ4n) is 4.38. The number of hydrogen-bond donors (Lipinski definition) is 2. The molecule has 1 aliphatic heterocycles. The summed E-state index contributed by atoms with van der Waals surface area (Å²) in [6.45, 7) is 1.92. The van der Waals surface area contributed by atoms with Crippen LogP contribution in [0.5, 0.6) is 11.5 Å². The van der Waals surface area contributed by atoms with Crippen molar-refractivity contribution in [1.29, 1.82) is 0 Å². The zero-order valence-electron chi connectivity index (χ0n) is 17.6. The molecule has 1 atom stereocenters. The van der Waals surface area contributed by atoms with E-state index in [4.69, 9.17) is 9.47 Å². The molecule has 0 radical (unpaired) electrons. The van der Waals surface area contributed by atoms with Gasteiger partial charge in [0, 0.05) is 35.2 Å². The lowest BCUT2D eigenvalue weighted by atomic mass is 10.0. The van der Waals surface area contributed by atoms with Gasteiger partial charge in [0.15, 0.2) is 0 Å². The molecule has 0 spiro atoms. The lowest BCUT2D eigenvalue weighted by molar-refractivity contribution is -0.122. The second kappa shape index (κ2) is 9.22. The summed E-state index contributed by atoms with van der Waals surface area (Å²) in [6.07, 6.45) is 4.91. The molecule has 0 aliphatic carbocycles. The molecular formula is C24H29N3O3. The maximum Gasteiger partial charge on any atom is 0.234 e. The largest absolute Gasteiger partial charge is 0.497 e. The molecule has 6 nitrogen and oxygen atoms in total. The number of para-hydroxylation sites is 1. The van der Waals surface area contributed by atoms with Crippen LogP contribution in [0.25, 0.3) is 10.9 Å². The van der Waals surface area contributed by atoms with Crippen molar-refractivity contribution in [3.8, 4) is 11.5 Å². The van der Waals surface area contributed by atoms with Crippen LogP contribution < -0.4 is 14.8 Å². The normalized spacial score (nSPS) is 16.7. The Morgan fingerprint density at radius 1 is 1.20 bits per heavy atom. The van der Waals surface area contributed by atoms with Crippen LogP contribution in [0.3, 0.4) is 0 Å². The van der Waals surface area contributed by atoms with E-state index in [9.17, 15) is 4.79 Å². The second-order valence-electron chi connectivity index (χ2n) is 7.70. The third-order valence-corrected chi connectivity index (χ3v) is 5.90. The first-order valence-corrected chi connectivity index (χ1v) is 10.5. The minimum atomic E-state index is 0.0589. The summed E-state index contributed by atoms with van der Waals surface area (Å²) in [4.78, 5) is 18.1. The summed E-state index contributed by atoms with van der Waals surface area (Å²) in [5.41, 5.74) is 3.44. The lowest BCUT2D eigenvalue weighted by Gasteiger charge is -2.26. The van der Waals surface area contributed by atoms with Crippen molar-refractivity contribution in [2.75, 3.05) is 33.9 Å². The number of aromatic nitrogens is 1. The number of nitrogens with one attached hydrogen (secondary N) is 2. The Kier molecular flexibility index (Phi) is 6.23. The number of methoxy groups -OCH3 is 2. The number of rotatable bonds is 8. The Labute approximate surface area is 177 Å². The molecule has 0 unspecified atom stereocenters. The Bertz CT molecular complexity index is 1010. The van der Waals surface area contributed by atoms with E-state index in [0.717, 1.165) is 48.4 Å². The van der Waals surface area contributed by atoms with E-state index in [1.165, 1.54) is 10.9 Å². The van der Waals surface area contributed by atoms with Gasteiger partial charge in [-0.15, -0.1) is 0 Å². The average molecular weight is 408 g/mol. The van der Waals surface area contributed by atoms with Crippen LogP contribution in [0.2, 0.25) is 0 Å². The fraction of sp³-hybridized carbons (Fsp3) is 0.375. The van der Waals surface area contributed by atoms with Gasteiger partial charge in [-0.2, -0.15) is 0 Å². The van der Waals surface area contributed by atoms with Gasteiger partial charge in [0.2, 0.25) is 5.91 Å². The summed E-state index contributed by atoms with van der Waals surface area (Å²) >= 11 is 0. The molecule has 2 N–H and O–H groups in total. The number of benzene rings is 2. The maximum atomic E-state index is 12.6. The molecule has 2 heterocycles. The molecule has 2 aromatic carbocycles. The molecule has 1 amide bonds. The molecule has 1 fully saturated rings. The Morgan fingerprint density at radius 3 is 2.90 bits per heavy atom. The Hall–Kier alpha value is -2.99. The second-order valence-corrected chi connectivity index (χ2v) is 7.70. The molecule has 3 aromatic rings. The highest BCUT2D eigenvalue weighted by molar-refractivity contribution is 5.83. The van der Waals surface area contributed by atoms with Crippen molar-refractivity contribution in [3.63, 3.8) is 0 Å². The predicted octanol–water partition coefficient (Wildman–Crippen LogP) is 3.68. The molecule has 0 saturated carbocycles. The minimum Gasteiger partial charge on any atom is -0.497 e. The van der Waals surface area contributed by atoms with Crippen molar-refractivity contribution in [1.82, 2.24) is 15.2 Å². The zero-order chi connectivity index (χ0) is 20.9. The molecule has 158 valence electrons. The van der Waals surface area contributed by atoms with Crippen molar-refractivity contribution >= 4 is 16.8 Å². The summed E-state index contributed by atoms with van der Waals surface area (Å²) < 4.78 is 11.0. The van der Waals surface area contributed by atoms with Gasteiger partial charge in [-0.25, -0.2) is 0 Å². The Morgan fingerprint density at radius 2 is 2.07 bits per heavy atom. The van der Waals surface area contributed by atoms with Crippen LogP contribution in [-0.2, 0) is 11.2 Å². The number of carbonyl (C=O) groups is 1. The van der Waals surface area contributed by atoms with Gasteiger partial charge in [-0.05, 0) is 55.6 Å². The van der Waals surface area contributed by atoms with Crippen molar-refractivity contribution < 1.29 is 14.3 Å². The lowest BCUT2D eigenvalue weighted by Crippen LogP contribution is -2.37. The first-order chi connectivity index (χ1) is 14.7. The quantitative estimate of drug-likeness (QED) is 0.598. The van der Waals surface area contributed by atoms with Crippen LogP contribution in [0.1, 0.15) is 30.0 Å². The van der Waals surface area contributed by atoms with Gasteiger partial charge in [-0.3, -0.25) is 9.69 Å². The van der Waals surface area contributed by atoms with E-state index in [0.29, 0.717) is 13.1 Å². The first kappa shape index (κ1) is 20.3. The van der Waals surface area contributed by atoms with E-state index in [-0.39, 0.29) is 11.9 Å². The zero-order valence-corrected chi connectivity index (χ0v) is 17.6. The summed E-state index contributed by atoms with van der Waals surface area (Å²) in [7, 11) is 3.35. The first-order valence-electron chi connectivity index (χ1n) is 10.5. The summed E-state index contributed by atoms with van der Waals surface area (Å²) in [5, 5.41) is 4.30. The van der Waals surface area contributed by atoms with Crippen LogP contribution in [0.4, 0.5) is 0 Å². The number of nitrogens with zero attached hydrogens (tertiary/aromatic N) is 1. The van der Waals surface area contributed by atoms with E-state index < -0.39 is 0 Å². The molecule has 30 heavy (non-hydrogen) atoms. The SMILES string of the molecule is COc1ccc(OC)c([C@H]2CCCN2CC(=O)NCCc2c[nH]c3ccccc23)c1. The van der Waals surface area contributed by atoms with Gasteiger partial charge in [0.05, 0.1) is 20.8 Å². The van der Waals surface area contributed by atoms with E-state index in [1.54, 1.807) is 14.2 Å². The molecule has 6 heteroatoms. The number of aromatic amines is 1. The van der Waals surface area contributed by atoms with Crippen molar-refractivity contribution in [2.45, 2.75) is 25.3 Å². The number of amides is 1. The minimum absolute atomic E-state index is 0.0589. The van der Waals surface area contributed by atoms with Crippen molar-refractivity contribution in [2.24, 2.45) is 0 Å². The van der Waals surface area contributed by atoms with Gasteiger partial charge in [-0.1, -0.05) is 18.2 Å². The van der Waals surface area contributed by atoms with Gasteiger partial charge in [0.25, 0.3) is 0 Å². The van der Waals surface area contributed by atoms with Gasteiger partial charge < -0.3 is 19.8 Å². The Balaban J connectivity index is 1.36. The van der Waals surface area contributed by atoms with Crippen LogP contribution in [0, 0.1) is 0 Å². The van der Waals surface area contributed by atoms with Crippen molar-refractivity contribution in [3.05, 3.63) is 59.8 Å². The summed E-state index contributed by atoms with van der Waals surface area (Å²) in [5.74, 6) is 1.71. The highest BCUT2D eigenvalue weighted by Gasteiger charge is 2.30. The maximum absolute atomic E-state index is 12.6. The van der Waals surface area contributed by atoms with E-state index >= 15 is 0 Å². The number of hydrogen-bond acceptors (Lipinski definition) is 4. The molecule has 1 saturated heterocycles. The number of fused-ring (bicyclic) bond motifs is 1. The number of likely N-dealkylation sites (tertiary alicyclic amines) is 1. The predicted molar refractivity (Wildman–Crippen MR) is 118 cm³/mol. The number of H-pyrrole nitrogens is 1. The van der Waals surface area contributed by atoms with Crippen LogP contribution >= 0.6 is 0 Å². The third kappa shape index (κ3) is 4.28. The highest BCUT2D eigenvalue weighted by Crippen LogP contribution is 2.38. The highest BCUT2D eigenvalue weighted by atomic mass is 16.5. The number of ether oxygens (including phenoxy) is 2. The molecule has 1 aromatic heterocycles. The van der Waals surface area contributed by atoms with Gasteiger partial charge >= 0.3 is 0 Å². The molecule has 4 rings (SSSR count). The van der Waals surface area contributed by atoms with Gasteiger partial charge in [0.1, 0.15) is 11.5 Å². The monoisotopic (exact) mass is 407 g/mol. The molecule has 1 aliphatic rings. The molecular weight excluding hydrogens is 378 g/mol. The standard InChI is InChI=1S/C24H29N3O3/c1-29-18-9-10-23(30-2)20(14-18)22-8-5-13-27(22)16-24(28)25-12-11-17-15-26-21-7-4-3-6-19(17)21/h3-4,6-7,9-10,14-15,22,26H,5,8,11-13,16H2,1-2H3,(H,25,28)/t22-/m1/s1. The fourth-order valence-corrected chi connectivity index (χ4v) is 4.38. The van der Waals surface area contributed by atoms with E-state index in [1.807, 2.05) is 36.5 Å². The smallest absolute Gasteiger partial charge is 0.234 e. The van der Waals surface area contributed by atoms with Crippen LogP contribution in [-0.4, -0.2) is 49.6 Å². The topological polar surface area (TPSA) is 66.6 Å². The van der Waals surface area contributed by atoms with Crippen LogP contribution in [0.15, 0.2) is 48.7 Å². The average Bonchev–Trinajstić information content (AvgIpc) is 3.40. The summed E-state index contributed by atoms with van der Waals surface area (Å²) in [6, 6.07) is 14.3. The molecule has 0 bridgehead atoms.